The molecule has 29 heavy (non-hydrogen) atoms. The largest absolute Gasteiger partial charge is 0.343 e. The van der Waals surface area contributed by atoms with Gasteiger partial charge in [0, 0.05) is 17.5 Å². The molecule has 1 fully saturated rings. The molecular weight excluding hydrogens is 390 g/mol. The molecule has 8 nitrogen and oxygen atoms in total. The maximum absolute atomic E-state index is 12.9. The summed E-state index contributed by atoms with van der Waals surface area (Å²) in [4.78, 5) is 23.6. The van der Waals surface area contributed by atoms with Crippen molar-refractivity contribution in [1.29, 1.82) is 0 Å². The van der Waals surface area contributed by atoms with E-state index >= 15 is 0 Å². The number of hydrogen-bond donors (Lipinski definition) is 1. The molecule has 1 saturated heterocycles. The van der Waals surface area contributed by atoms with E-state index in [2.05, 4.69) is 19.7 Å². The van der Waals surface area contributed by atoms with Crippen LogP contribution in [0.5, 0.6) is 0 Å². The normalized spacial score (nSPS) is 20.3. The minimum absolute atomic E-state index is 0.176. The van der Waals surface area contributed by atoms with Gasteiger partial charge in [-0.15, -0.1) is 4.40 Å². The summed E-state index contributed by atoms with van der Waals surface area (Å²) in [5.41, 5.74) is 0.880. The molecule has 1 N–H and O–H groups in total. The van der Waals surface area contributed by atoms with Crippen LogP contribution < -0.4 is 5.32 Å². The summed E-state index contributed by atoms with van der Waals surface area (Å²) in [6.07, 6.45) is 4.59. The maximum Gasteiger partial charge on any atom is 0.285 e. The van der Waals surface area contributed by atoms with Crippen LogP contribution in [-0.2, 0) is 20.2 Å². The molecule has 1 amide bonds. The molecule has 0 spiro atoms. The van der Waals surface area contributed by atoms with Gasteiger partial charge in [-0.2, -0.15) is 8.42 Å². The smallest absolute Gasteiger partial charge is 0.285 e. The first kappa shape index (κ1) is 19.5. The molecule has 3 heterocycles. The van der Waals surface area contributed by atoms with Crippen LogP contribution in [0.25, 0.3) is 0 Å². The molecule has 0 aliphatic carbocycles. The summed E-state index contributed by atoms with van der Waals surface area (Å²) in [5, 5.41) is 2.85. The van der Waals surface area contributed by atoms with Gasteiger partial charge in [0.2, 0.25) is 5.91 Å². The number of aromatic nitrogens is 2. The zero-order chi connectivity index (χ0) is 20.8. The second-order valence-electron chi connectivity index (χ2n) is 8.27. The number of anilines is 1. The summed E-state index contributed by atoms with van der Waals surface area (Å²) in [7, 11) is -3.72. The number of nitrogens with zero attached hydrogens (tertiary/aromatic N) is 4. The van der Waals surface area contributed by atoms with Crippen molar-refractivity contribution in [2.24, 2.45) is 4.40 Å². The predicted octanol–water partition coefficient (Wildman–Crippen LogP) is 2.33. The Bertz CT molecular complexity index is 1090. The highest BCUT2D eigenvalue weighted by molar-refractivity contribution is 7.90. The average molecular weight is 414 g/mol. The Morgan fingerprint density at radius 3 is 2.55 bits per heavy atom. The van der Waals surface area contributed by atoms with Crippen LogP contribution in [0.2, 0.25) is 0 Å². The number of hydrogen-bond acceptors (Lipinski definition) is 6. The van der Waals surface area contributed by atoms with E-state index in [1.807, 2.05) is 20.8 Å². The highest BCUT2D eigenvalue weighted by atomic mass is 32.2. The molecule has 1 aromatic carbocycles. The first-order valence-corrected chi connectivity index (χ1v) is 11.0. The summed E-state index contributed by atoms with van der Waals surface area (Å²) in [6, 6.07) is 6.21. The molecule has 2 aromatic rings. The first-order chi connectivity index (χ1) is 13.7. The Hall–Kier alpha value is -2.81. The van der Waals surface area contributed by atoms with E-state index in [0.717, 1.165) is 6.42 Å². The van der Waals surface area contributed by atoms with E-state index in [0.29, 0.717) is 35.9 Å². The SMILES string of the molecule is CC(C)(C)c1ncc(NC(=O)[C@@H]2CCCN2C2=NS(=O)(=O)c3ccccc32)cn1. The van der Waals surface area contributed by atoms with Crippen molar-refractivity contribution >= 4 is 27.5 Å². The van der Waals surface area contributed by atoms with Gasteiger partial charge in [0.15, 0.2) is 5.84 Å². The third-order valence-corrected chi connectivity index (χ3v) is 6.36. The van der Waals surface area contributed by atoms with Gasteiger partial charge in [-0.3, -0.25) is 4.79 Å². The van der Waals surface area contributed by atoms with Gasteiger partial charge < -0.3 is 10.2 Å². The van der Waals surface area contributed by atoms with Crippen LogP contribution in [0.1, 0.15) is 45.0 Å². The molecule has 0 radical (unpaired) electrons. The molecule has 2 aliphatic heterocycles. The Labute approximate surface area is 170 Å². The number of rotatable bonds is 2. The lowest BCUT2D eigenvalue weighted by molar-refractivity contribution is -0.119. The third kappa shape index (κ3) is 3.62. The summed E-state index contributed by atoms with van der Waals surface area (Å²) >= 11 is 0. The second kappa shape index (κ2) is 6.91. The van der Waals surface area contributed by atoms with E-state index in [4.69, 9.17) is 0 Å². The first-order valence-electron chi connectivity index (χ1n) is 9.51. The minimum Gasteiger partial charge on any atom is -0.343 e. The fraction of sp³-hybridized carbons (Fsp3) is 0.400. The number of fused-ring (bicyclic) bond motifs is 1. The number of likely N-dealkylation sites (tertiary alicyclic amines) is 1. The van der Waals surface area contributed by atoms with Crippen LogP contribution in [0.3, 0.4) is 0 Å². The Morgan fingerprint density at radius 2 is 1.86 bits per heavy atom. The van der Waals surface area contributed by atoms with Gasteiger partial charge in [0.25, 0.3) is 10.0 Å². The lowest BCUT2D eigenvalue weighted by atomic mass is 9.96. The lowest BCUT2D eigenvalue weighted by Gasteiger charge is -2.25. The van der Waals surface area contributed by atoms with Crippen LogP contribution in [0.15, 0.2) is 46.0 Å². The molecular formula is C20H23N5O3S. The highest BCUT2D eigenvalue weighted by Gasteiger charge is 2.39. The van der Waals surface area contributed by atoms with Crippen molar-refractivity contribution in [2.75, 3.05) is 11.9 Å². The van der Waals surface area contributed by atoms with Crippen LogP contribution in [0.4, 0.5) is 5.69 Å². The topological polar surface area (TPSA) is 105 Å². The highest BCUT2D eigenvalue weighted by Crippen LogP contribution is 2.31. The molecule has 0 saturated carbocycles. The fourth-order valence-electron chi connectivity index (χ4n) is 3.59. The van der Waals surface area contributed by atoms with Gasteiger partial charge in [-0.05, 0) is 25.0 Å². The predicted molar refractivity (Wildman–Crippen MR) is 109 cm³/mol. The van der Waals surface area contributed by atoms with Crippen molar-refractivity contribution in [1.82, 2.24) is 14.9 Å². The van der Waals surface area contributed by atoms with E-state index in [9.17, 15) is 13.2 Å². The zero-order valence-corrected chi connectivity index (χ0v) is 17.4. The number of sulfonamides is 1. The number of nitrogens with one attached hydrogen (secondary N) is 1. The quantitative estimate of drug-likeness (QED) is 0.810. The van der Waals surface area contributed by atoms with Crippen LogP contribution in [-0.4, -0.2) is 47.6 Å². The summed E-state index contributed by atoms with van der Waals surface area (Å²) < 4.78 is 28.7. The summed E-state index contributed by atoms with van der Waals surface area (Å²) in [6.45, 7) is 6.63. The Balaban J connectivity index is 1.56. The van der Waals surface area contributed by atoms with Gasteiger partial charge in [0.05, 0.1) is 18.1 Å². The number of benzene rings is 1. The zero-order valence-electron chi connectivity index (χ0n) is 16.6. The van der Waals surface area contributed by atoms with Crippen molar-refractivity contribution in [3.05, 3.63) is 48.0 Å². The molecule has 2 aliphatic rings. The van der Waals surface area contributed by atoms with E-state index in [1.165, 1.54) is 0 Å². The van der Waals surface area contributed by atoms with Crippen molar-refractivity contribution < 1.29 is 13.2 Å². The molecule has 0 unspecified atom stereocenters. The third-order valence-electron chi connectivity index (χ3n) is 5.03. The van der Waals surface area contributed by atoms with Crippen molar-refractivity contribution in [3.63, 3.8) is 0 Å². The van der Waals surface area contributed by atoms with Gasteiger partial charge in [0.1, 0.15) is 16.8 Å². The monoisotopic (exact) mass is 413 g/mol. The average Bonchev–Trinajstić information content (AvgIpc) is 3.25. The number of amides is 1. The second-order valence-corrected chi connectivity index (χ2v) is 9.84. The molecule has 0 bridgehead atoms. The van der Waals surface area contributed by atoms with Gasteiger partial charge in [-0.25, -0.2) is 9.97 Å². The minimum atomic E-state index is -3.72. The molecule has 1 aromatic heterocycles. The van der Waals surface area contributed by atoms with Crippen LogP contribution in [0, 0.1) is 0 Å². The van der Waals surface area contributed by atoms with Crippen molar-refractivity contribution in [2.45, 2.75) is 50.0 Å². The standard InChI is InChI=1S/C20H23N5O3S/c1-20(2,3)19-21-11-13(12-22-19)23-18(26)15-8-6-10-25(15)17-14-7-4-5-9-16(14)29(27,28)24-17/h4-5,7,9,11-12,15H,6,8,10H2,1-3H3,(H,23,26)/t15-/m0/s1. The molecule has 1 atom stereocenters. The number of amidine groups is 1. The Kier molecular flexibility index (Phi) is 4.65. The van der Waals surface area contributed by atoms with Gasteiger partial charge >= 0.3 is 0 Å². The molecule has 4 rings (SSSR count). The summed E-state index contributed by atoms with van der Waals surface area (Å²) in [5.74, 6) is 0.816. The lowest BCUT2D eigenvalue weighted by Crippen LogP contribution is -2.43. The van der Waals surface area contributed by atoms with E-state index in [1.54, 1.807) is 41.6 Å². The Morgan fingerprint density at radius 1 is 1.17 bits per heavy atom. The molecule has 9 heteroatoms. The molecule has 152 valence electrons. The van der Waals surface area contributed by atoms with E-state index < -0.39 is 16.1 Å². The van der Waals surface area contributed by atoms with Gasteiger partial charge in [-0.1, -0.05) is 32.9 Å². The maximum atomic E-state index is 12.9. The van der Waals surface area contributed by atoms with Crippen molar-refractivity contribution in [3.8, 4) is 0 Å². The number of carbonyl (C=O) groups is 1. The fourth-order valence-corrected chi connectivity index (χ4v) is 4.81. The van der Waals surface area contributed by atoms with Crippen LogP contribution >= 0.6 is 0 Å². The van der Waals surface area contributed by atoms with E-state index in [-0.39, 0.29) is 16.2 Å². The number of carbonyl (C=O) groups excluding carboxylic acids is 1.